The van der Waals surface area contributed by atoms with E-state index in [1.54, 1.807) is 7.11 Å². The lowest BCUT2D eigenvalue weighted by atomic mass is 9.82. The van der Waals surface area contributed by atoms with Gasteiger partial charge in [0.25, 0.3) is 0 Å². The Balaban J connectivity index is 3.90. The van der Waals surface area contributed by atoms with E-state index in [2.05, 4.69) is 33.0 Å². The molecule has 0 aromatic heterocycles. The van der Waals surface area contributed by atoms with Crippen LogP contribution in [0.25, 0.3) is 0 Å². The maximum atomic E-state index is 11.6. The largest absolute Gasteiger partial charge is 0.380 e. The minimum atomic E-state index is -0.176. The molecule has 4 nitrogen and oxygen atoms in total. The molecular formula is C12H26N2O2. The van der Waals surface area contributed by atoms with E-state index in [1.807, 2.05) is 0 Å². The Hall–Kier alpha value is -0.610. The number of nitrogens with one attached hydrogen (secondary N) is 1. The quantitative estimate of drug-likeness (QED) is 0.719. The van der Waals surface area contributed by atoms with Crippen molar-refractivity contribution < 1.29 is 9.53 Å². The first-order chi connectivity index (χ1) is 7.31. The minimum absolute atomic E-state index is 0.00778. The SMILES string of the molecule is COC(CN)CC(=O)NCC(C)C(C)(C)C. The number of methoxy groups -OCH3 is 1. The van der Waals surface area contributed by atoms with E-state index < -0.39 is 0 Å². The molecule has 0 aromatic carbocycles. The van der Waals surface area contributed by atoms with E-state index in [0.29, 0.717) is 25.4 Å². The van der Waals surface area contributed by atoms with E-state index in [0.717, 1.165) is 0 Å². The van der Waals surface area contributed by atoms with Crippen molar-refractivity contribution in [2.75, 3.05) is 20.2 Å². The van der Waals surface area contributed by atoms with Gasteiger partial charge in [0.2, 0.25) is 5.91 Å². The number of amides is 1. The average Bonchev–Trinajstić information content (AvgIpc) is 2.20. The van der Waals surface area contributed by atoms with Gasteiger partial charge in [0, 0.05) is 20.2 Å². The Morgan fingerprint density at radius 3 is 2.38 bits per heavy atom. The van der Waals surface area contributed by atoms with Crippen molar-refractivity contribution in [3.05, 3.63) is 0 Å². The molecule has 0 rings (SSSR count). The second-order valence-electron chi connectivity index (χ2n) is 5.37. The molecule has 0 saturated heterocycles. The van der Waals surface area contributed by atoms with Crippen molar-refractivity contribution in [1.29, 1.82) is 0 Å². The van der Waals surface area contributed by atoms with Crippen molar-refractivity contribution in [2.24, 2.45) is 17.1 Å². The maximum absolute atomic E-state index is 11.6. The molecule has 0 radical (unpaired) electrons. The zero-order valence-electron chi connectivity index (χ0n) is 11.2. The fraction of sp³-hybridized carbons (Fsp3) is 0.917. The molecule has 0 aliphatic rings. The van der Waals surface area contributed by atoms with E-state index in [1.165, 1.54) is 0 Å². The summed E-state index contributed by atoms with van der Waals surface area (Å²) in [5, 5.41) is 2.91. The highest BCUT2D eigenvalue weighted by atomic mass is 16.5. The number of hydrogen-bond acceptors (Lipinski definition) is 3. The minimum Gasteiger partial charge on any atom is -0.380 e. The van der Waals surface area contributed by atoms with Gasteiger partial charge in [-0.15, -0.1) is 0 Å². The summed E-state index contributed by atoms with van der Waals surface area (Å²) in [6.07, 6.45) is 0.161. The van der Waals surface area contributed by atoms with Crippen LogP contribution < -0.4 is 11.1 Å². The third-order valence-electron chi connectivity index (χ3n) is 3.09. The number of hydrogen-bond donors (Lipinski definition) is 2. The number of rotatable bonds is 6. The second kappa shape index (κ2) is 6.86. The van der Waals surface area contributed by atoms with Crippen LogP contribution in [0.1, 0.15) is 34.1 Å². The number of ether oxygens (including phenoxy) is 1. The zero-order valence-corrected chi connectivity index (χ0v) is 11.2. The van der Waals surface area contributed by atoms with Gasteiger partial charge >= 0.3 is 0 Å². The molecule has 1 amide bonds. The smallest absolute Gasteiger partial charge is 0.222 e. The molecule has 0 aliphatic carbocycles. The van der Waals surface area contributed by atoms with Gasteiger partial charge in [-0.1, -0.05) is 27.7 Å². The highest BCUT2D eigenvalue weighted by Crippen LogP contribution is 2.24. The van der Waals surface area contributed by atoms with Gasteiger partial charge in [0.15, 0.2) is 0 Å². The Morgan fingerprint density at radius 2 is 2.00 bits per heavy atom. The molecule has 96 valence electrons. The molecule has 4 heteroatoms. The summed E-state index contributed by atoms with van der Waals surface area (Å²) in [6.45, 7) is 9.71. The third-order valence-corrected chi connectivity index (χ3v) is 3.09. The van der Waals surface area contributed by atoms with Gasteiger partial charge < -0.3 is 15.8 Å². The average molecular weight is 230 g/mol. The zero-order chi connectivity index (χ0) is 12.8. The Labute approximate surface area is 98.9 Å². The Morgan fingerprint density at radius 1 is 1.44 bits per heavy atom. The standard InChI is InChI=1S/C12H26N2O2/c1-9(12(2,3)4)8-14-11(15)6-10(7-13)16-5/h9-10H,6-8,13H2,1-5H3,(H,14,15). The molecule has 2 atom stereocenters. The lowest BCUT2D eigenvalue weighted by molar-refractivity contribution is -0.123. The second-order valence-corrected chi connectivity index (χ2v) is 5.37. The van der Waals surface area contributed by atoms with E-state index in [4.69, 9.17) is 10.5 Å². The van der Waals surface area contributed by atoms with Crippen LogP contribution in [-0.4, -0.2) is 32.2 Å². The molecular weight excluding hydrogens is 204 g/mol. The van der Waals surface area contributed by atoms with E-state index >= 15 is 0 Å². The fourth-order valence-electron chi connectivity index (χ4n) is 1.11. The van der Waals surface area contributed by atoms with Crippen LogP contribution in [0.4, 0.5) is 0 Å². The van der Waals surface area contributed by atoms with Gasteiger partial charge in [-0.05, 0) is 11.3 Å². The summed E-state index contributed by atoms with van der Waals surface area (Å²) in [4.78, 5) is 11.6. The van der Waals surface area contributed by atoms with Crippen molar-refractivity contribution in [2.45, 2.75) is 40.2 Å². The third kappa shape index (κ3) is 6.08. The fourth-order valence-corrected chi connectivity index (χ4v) is 1.11. The van der Waals surface area contributed by atoms with Crippen molar-refractivity contribution in [1.82, 2.24) is 5.32 Å². The van der Waals surface area contributed by atoms with Crippen LogP contribution >= 0.6 is 0 Å². The van der Waals surface area contributed by atoms with Crippen molar-refractivity contribution >= 4 is 5.91 Å². The topological polar surface area (TPSA) is 64.3 Å². The molecule has 0 spiro atoms. The van der Waals surface area contributed by atoms with Gasteiger partial charge in [0.1, 0.15) is 0 Å². The van der Waals surface area contributed by atoms with Crippen LogP contribution in [0.2, 0.25) is 0 Å². The maximum Gasteiger partial charge on any atom is 0.222 e. The van der Waals surface area contributed by atoms with Crippen LogP contribution in [0.15, 0.2) is 0 Å². The normalized spacial score (nSPS) is 15.6. The first-order valence-corrected chi connectivity index (χ1v) is 5.80. The molecule has 0 saturated carbocycles. The van der Waals surface area contributed by atoms with Gasteiger partial charge in [-0.25, -0.2) is 0 Å². The summed E-state index contributed by atoms with van der Waals surface area (Å²) in [5.41, 5.74) is 5.66. The summed E-state index contributed by atoms with van der Waals surface area (Å²) >= 11 is 0. The summed E-state index contributed by atoms with van der Waals surface area (Å²) in [6, 6.07) is 0. The molecule has 0 aromatic rings. The molecule has 3 N–H and O–H groups in total. The van der Waals surface area contributed by atoms with Gasteiger partial charge in [-0.2, -0.15) is 0 Å². The first kappa shape index (κ1) is 15.4. The van der Waals surface area contributed by atoms with E-state index in [-0.39, 0.29) is 17.4 Å². The van der Waals surface area contributed by atoms with Crippen LogP contribution in [0.3, 0.4) is 0 Å². The van der Waals surface area contributed by atoms with Crippen molar-refractivity contribution in [3.8, 4) is 0 Å². The number of nitrogens with two attached hydrogens (primary N) is 1. The summed E-state index contributed by atoms with van der Waals surface area (Å²) in [5.74, 6) is 0.448. The number of carbonyl (C=O) groups is 1. The van der Waals surface area contributed by atoms with Crippen LogP contribution in [0.5, 0.6) is 0 Å². The lowest BCUT2D eigenvalue weighted by Crippen LogP contribution is -2.36. The molecule has 0 heterocycles. The van der Waals surface area contributed by atoms with Gasteiger partial charge in [-0.3, -0.25) is 4.79 Å². The van der Waals surface area contributed by atoms with Gasteiger partial charge in [0.05, 0.1) is 12.5 Å². The highest BCUT2D eigenvalue weighted by molar-refractivity contribution is 5.76. The van der Waals surface area contributed by atoms with Crippen LogP contribution in [-0.2, 0) is 9.53 Å². The molecule has 0 aliphatic heterocycles. The lowest BCUT2D eigenvalue weighted by Gasteiger charge is -2.27. The number of carbonyl (C=O) groups excluding carboxylic acids is 1. The van der Waals surface area contributed by atoms with Crippen molar-refractivity contribution in [3.63, 3.8) is 0 Å². The Bertz CT molecular complexity index is 208. The Kier molecular flexibility index (Phi) is 6.60. The van der Waals surface area contributed by atoms with Crippen LogP contribution in [0, 0.1) is 11.3 Å². The molecule has 2 unspecified atom stereocenters. The first-order valence-electron chi connectivity index (χ1n) is 5.80. The molecule has 16 heavy (non-hydrogen) atoms. The van der Waals surface area contributed by atoms with E-state index in [9.17, 15) is 4.79 Å². The summed E-state index contributed by atoms with van der Waals surface area (Å²) in [7, 11) is 1.57. The molecule has 0 fully saturated rings. The summed E-state index contributed by atoms with van der Waals surface area (Å²) < 4.78 is 5.06. The predicted octanol–water partition coefficient (Wildman–Crippen LogP) is 1.15. The highest BCUT2D eigenvalue weighted by Gasteiger charge is 2.20. The monoisotopic (exact) mass is 230 g/mol. The molecule has 0 bridgehead atoms. The predicted molar refractivity (Wildman–Crippen MR) is 66.1 cm³/mol.